The lowest BCUT2D eigenvalue weighted by atomic mass is 10.2. The average Bonchev–Trinajstić information content (AvgIpc) is 2.75. The van der Waals surface area contributed by atoms with E-state index in [2.05, 4.69) is 31.2 Å². The molecule has 1 N–H and O–H groups in total. The normalized spacial score (nSPS) is 10.6. The van der Waals surface area contributed by atoms with Crippen LogP contribution in [-0.4, -0.2) is 9.97 Å². The number of fused-ring (bicyclic) bond motifs is 1. The third kappa shape index (κ3) is 2.16. The van der Waals surface area contributed by atoms with Gasteiger partial charge in [0.25, 0.3) is 0 Å². The summed E-state index contributed by atoms with van der Waals surface area (Å²) in [4.78, 5) is 8.64. The van der Waals surface area contributed by atoms with E-state index in [1.54, 1.807) is 17.5 Å². The monoisotopic (exact) mass is 305 g/mol. The van der Waals surface area contributed by atoms with Crippen LogP contribution in [0.3, 0.4) is 0 Å². The Labute approximate surface area is 111 Å². The van der Waals surface area contributed by atoms with E-state index in [-0.39, 0.29) is 0 Å². The van der Waals surface area contributed by atoms with E-state index in [0.717, 1.165) is 26.3 Å². The van der Waals surface area contributed by atoms with E-state index in [1.165, 1.54) is 0 Å². The molecule has 0 saturated heterocycles. The molecule has 2 aromatic heterocycles. The van der Waals surface area contributed by atoms with Crippen LogP contribution in [0.25, 0.3) is 10.9 Å². The van der Waals surface area contributed by atoms with Gasteiger partial charge in [0.15, 0.2) is 5.13 Å². The molecule has 17 heavy (non-hydrogen) atoms. The van der Waals surface area contributed by atoms with Crippen molar-refractivity contribution in [3.8, 4) is 0 Å². The van der Waals surface area contributed by atoms with E-state index in [9.17, 15) is 0 Å². The van der Waals surface area contributed by atoms with E-state index in [4.69, 9.17) is 0 Å². The molecule has 3 aromatic rings. The van der Waals surface area contributed by atoms with Gasteiger partial charge in [0.2, 0.25) is 0 Å². The smallest absolute Gasteiger partial charge is 0.188 e. The van der Waals surface area contributed by atoms with E-state index in [0.29, 0.717) is 0 Å². The summed E-state index contributed by atoms with van der Waals surface area (Å²) < 4.78 is 0.850. The van der Waals surface area contributed by atoms with Crippen molar-refractivity contribution in [2.75, 3.05) is 5.32 Å². The number of hydrogen-bond acceptors (Lipinski definition) is 4. The highest BCUT2D eigenvalue weighted by Crippen LogP contribution is 2.27. The van der Waals surface area contributed by atoms with Gasteiger partial charge in [0.05, 0.1) is 5.52 Å². The molecule has 0 fully saturated rings. The van der Waals surface area contributed by atoms with Crippen molar-refractivity contribution in [2.45, 2.75) is 0 Å². The Morgan fingerprint density at radius 3 is 2.94 bits per heavy atom. The van der Waals surface area contributed by atoms with Gasteiger partial charge in [-0.15, -0.1) is 11.3 Å². The summed E-state index contributed by atoms with van der Waals surface area (Å²) in [6.07, 6.45) is 1.80. The largest absolute Gasteiger partial charge is 0.331 e. The van der Waals surface area contributed by atoms with Crippen LogP contribution in [0, 0.1) is 0 Å². The lowest BCUT2D eigenvalue weighted by Crippen LogP contribution is -1.91. The van der Waals surface area contributed by atoms with Gasteiger partial charge < -0.3 is 5.32 Å². The van der Waals surface area contributed by atoms with Crippen LogP contribution < -0.4 is 5.32 Å². The van der Waals surface area contributed by atoms with Crippen LogP contribution in [0.1, 0.15) is 0 Å². The Balaban J connectivity index is 2.05. The SMILES string of the molecule is Brc1csc(Nc2cccc3ncccc23)n1. The number of rotatable bonds is 2. The standard InChI is InChI=1S/C12H8BrN3S/c13-11-7-17-12(16-11)15-10-5-1-4-9-8(10)3-2-6-14-9/h1-7H,(H,15,16). The van der Waals surface area contributed by atoms with Crippen molar-refractivity contribution in [2.24, 2.45) is 0 Å². The molecule has 1 aromatic carbocycles. The molecule has 3 rings (SSSR count). The first-order chi connectivity index (χ1) is 8.33. The number of hydrogen-bond donors (Lipinski definition) is 1. The third-order valence-corrected chi connectivity index (χ3v) is 3.83. The fourth-order valence-electron chi connectivity index (χ4n) is 1.64. The van der Waals surface area contributed by atoms with Crippen LogP contribution >= 0.6 is 27.3 Å². The fraction of sp³-hybridized carbons (Fsp3) is 0. The van der Waals surface area contributed by atoms with E-state index in [1.807, 2.05) is 35.7 Å². The zero-order chi connectivity index (χ0) is 11.7. The molecular formula is C12H8BrN3S. The molecule has 0 saturated carbocycles. The summed E-state index contributed by atoms with van der Waals surface area (Å²) in [7, 11) is 0. The molecule has 84 valence electrons. The summed E-state index contributed by atoms with van der Waals surface area (Å²) >= 11 is 4.91. The topological polar surface area (TPSA) is 37.8 Å². The lowest BCUT2D eigenvalue weighted by Gasteiger charge is -2.06. The van der Waals surface area contributed by atoms with Gasteiger partial charge in [-0.25, -0.2) is 4.98 Å². The number of nitrogens with zero attached hydrogens (tertiary/aromatic N) is 2. The predicted molar refractivity (Wildman–Crippen MR) is 74.8 cm³/mol. The molecule has 0 unspecified atom stereocenters. The van der Waals surface area contributed by atoms with Gasteiger partial charge in [-0.2, -0.15) is 0 Å². The molecule has 2 heterocycles. The van der Waals surface area contributed by atoms with Crippen molar-refractivity contribution in [3.05, 3.63) is 46.5 Å². The van der Waals surface area contributed by atoms with Gasteiger partial charge in [0, 0.05) is 22.7 Å². The Bertz CT molecular complexity index is 660. The molecule has 0 atom stereocenters. The summed E-state index contributed by atoms with van der Waals surface area (Å²) in [5.41, 5.74) is 2.01. The van der Waals surface area contributed by atoms with Crippen molar-refractivity contribution in [3.63, 3.8) is 0 Å². The number of anilines is 2. The molecule has 0 aliphatic heterocycles. The zero-order valence-corrected chi connectivity index (χ0v) is 11.1. The number of benzene rings is 1. The molecule has 3 nitrogen and oxygen atoms in total. The second-order valence-corrected chi connectivity index (χ2v) is 5.15. The Morgan fingerprint density at radius 2 is 2.12 bits per heavy atom. The fourth-order valence-corrected chi connectivity index (χ4v) is 2.80. The number of pyridine rings is 1. The van der Waals surface area contributed by atoms with E-state index >= 15 is 0 Å². The number of halogens is 1. The molecule has 0 radical (unpaired) electrons. The summed E-state index contributed by atoms with van der Waals surface area (Å²) in [6.45, 7) is 0. The highest BCUT2D eigenvalue weighted by Gasteiger charge is 2.03. The summed E-state index contributed by atoms with van der Waals surface area (Å²) in [5.74, 6) is 0. The average molecular weight is 306 g/mol. The van der Waals surface area contributed by atoms with Crippen molar-refractivity contribution >= 4 is 49.0 Å². The maximum absolute atomic E-state index is 4.32. The third-order valence-electron chi connectivity index (χ3n) is 2.36. The minimum Gasteiger partial charge on any atom is -0.331 e. The Kier molecular flexibility index (Phi) is 2.78. The van der Waals surface area contributed by atoms with E-state index < -0.39 is 0 Å². The lowest BCUT2D eigenvalue weighted by molar-refractivity contribution is 1.35. The maximum atomic E-state index is 4.32. The minimum atomic E-state index is 0.850. The molecular weight excluding hydrogens is 298 g/mol. The summed E-state index contributed by atoms with van der Waals surface area (Å²) in [6, 6.07) is 10.00. The van der Waals surface area contributed by atoms with Crippen LogP contribution in [-0.2, 0) is 0 Å². The maximum Gasteiger partial charge on any atom is 0.188 e. The first kappa shape index (κ1) is 10.7. The number of aromatic nitrogens is 2. The number of thiazole rings is 1. The highest BCUT2D eigenvalue weighted by atomic mass is 79.9. The molecule has 0 aliphatic carbocycles. The molecule has 0 spiro atoms. The van der Waals surface area contributed by atoms with Crippen molar-refractivity contribution < 1.29 is 0 Å². The molecule has 0 aliphatic rings. The number of nitrogens with one attached hydrogen (secondary N) is 1. The van der Waals surface area contributed by atoms with Gasteiger partial charge in [-0.1, -0.05) is 6.07 Å². The quantitative estimate of drug-likeness (QED) is 0.771. The second kappa shape index (κ2) is 4.43. The molecule has 5 heteroatoms. The van der Waals surface area contributed by atoms with Crippen molar-refractivity contribution in [1.29, 1.82) is 0 Å². The zero-order valence-electron chi connectivity index (χ0n) is 8.72. The van der Waals surface area contributed by atoms with Gasteiger partial charge in [0.1, 0.15) is 4.60 Å². The first-order valence-corrected chi connectivity index (χ1v) is 6.72. The molecule has 0 amide bonds. The van der Waals surface area contributed by atoms with Crippen LogP contribution in [0.2, 0.25) is 0 Å². The van der Waals surface area contributed by atoms with Crippen LogP contribution in [0.4, 0.5) is 10.8 Å². The Morgan fingerprint density at radius 1 is 1.18 bits per heavy atom. The molecule has 0 bridgehead atoms. The van der Waals surface area contributed by atoms with Crippen molar-refractivity contribution in [1.82, 2.24) is 9.97 Å². The van der Waals surface area contributed by atoms with Crippen LogP contribution in [0.15, 0.2) is 46.5 Å². The predicted octanol–water partition coefficient (Wildman–Crippen LogP) is 4.20. The highest BCUT2D eigenvalue weighted by molar-refractivity contribution is 9.10. The minimum absolute atomic E-state index is 0.850. The second-order valence-electron chi connectivity index (χ2n) is 3.48. The Hall–Kier alpha value is -1.46. The summed E-state index contributed by atoms with van der Waals surface area (Å²) in [5, 5.41) is 7.22. The van der Waals surface area contributed by atoms with Crippen LogP contribution in [0.5, 0.6) is 0 Å². The van der Waals surface area contributed by atoms with Gasteiger partial charge in [-0.05, 0) is 40.2 Å². The van der Waals surface area contributed by atoms with Gasteiger partial charge >= 0.3 is 0 Å². The first-order valence-electron chi connectivity index (χ1n) is 5.05. The van der Waals surface area contributed by atoms with Gasteiger partial charge in [-0.3, -0.25) is 4.98 Å².